The van der Waals surface area contributed by atoms with E-state index >= 15 is 0 Å². The lowest BCUT2D eigenvalue weighted by molar-refractivity contribution is -0.384. The Morgan fingerprint density at radius 2 is 1.57 bits per heavy atom. The SMILES string of the molecule is CC(C)(C)OC(=O)N(OC(C)(C)C)c1nccc2cc(NC(C(=O)NCc3cccc([N+](=O)[O-])c3)c3ccc(OCCCC(=O)OCc4ccccc4)cc3)ccc12. The summed E-state index contributed by atoms with van der Waals surface area (Å²) >= 11 is 0. The van der Waals surface area contributed by atoms with Gasteiger partial charge in [0, 0.05) is 42.4 Å². The van der Waals surface area contributed by atoms with Crippen LogP contribution in [0.5, 0.6) is 5.75 Å². The number of pyridine rings is 1. The average Bonchev–Trinajstić information content (AvgIpc) is 3.18. The van der Waals surface area contributed by atoms with Crippen LogP contribution in [0.25, 0.3) is 10.8 Å². The number of amides is 2. The Kier molecular flexibility index (Phi) is 14.0. The maximum absolute atomic E-state index is 13.9. The van der Waals surface area contributed by atoms with Crippen molar-refractivity contribution in [2.75, 3.05) is 17.0 Å². The van der Waals surface area contributed by atoms with Crippen molar-refractivity contribution in [3.8, 4) is 5.75 Å². The second-order valence-corrected chi connectivity index (χ2v) is 15.4. The zero-order valence-corrected chi connectivity index (χ0v) is 33.5. The number of benzene rings is 4. The number of non-ortho nitro benzene ring substituents is 1. The van der Waals surface area contributed by atoms with Crippen LogP contribution in [0.2, 0.25) is 0 Å². The first-order valence-electron chi connectivity index (χ1n) is 18.9. The summed E-state index contributed by atoms with van der Waals surface area (Å²) in [6.45, 7) is 11.3. The van der Waals surface area contributed by atoms with E-state index in [0.717, 1.165) is 10.6 Å². The smallest absolute Gasteiger partial charge is 0.440 e. The van der Waals surface area contributed by atoms with Gasteiger partial charge >= 0.3 is 12.1 Å². The number of rotatable bonds is 16. The van der Waals surface area contributed by atoms with Crippen molar-refractivity contribution in [3.05, 3.63) is 136 Å². The van der Waals surface area contributed by atoms with Gasteiger partial charge in [0.1, 0.15) is 24.0 Å². The maximum Gasteiger partial charge on any atom is 0.440 e. The molecule has 4 aromatic carbocycles. The summed E-state index contributed by atoms with van der Waals surface area (Å²) in [6.07, 6.45) is 1.49. The van der Waals surface area contributed by atoms with Gasteiger partial charge in [-0.3, -0.25) is 24.5 Å². The van der Waals surface area contributed by atoms with E-state index in [1.165, 1.54) is 12.1 Å². The van der Waals surface area contributed by atoms with Gasteiger partial charge in [0.05, 0.1) is 17.1 Å². The summed E-state index contributed by atoms with van der Waals surface area (Å²) in [5.74, 6) is 0.0843. The van der Waals surface area contributed by atoms with E-state index in [9.17, 15) is 24.5 Å². The van der Waals surface area contributed by atoms with Gasteiger partial charge in [0.15, 0.2) is 5.82 Å². The van der Waals surface area contributed by atoms with Crippen LogP contribution < -0.4 is 20.4 Å². The van der Waals surface area contributed by atoms with Crippen LogP contribution >= 0.6 is 0 Å². The number of aromatic nitrogens is 1. The molecular weight excluding hydrogens is 743 g/mol. The van der Waals surface area contributed by atoms with Crippen LogP contribution in [-0.4, -0.2) is 45.7 Å². The molecule has 0 radical (unpaired) electrons. The Hall–Kier alpha value is -6.54. The van der Waals surface area contributed by atoms with E-state index in [-0.39, 0.29) is 49.6 Å². The van der Waals surface area contributed by atoms with Crippen molar-refractivity contribution in [2.24, 2.45) is 0 Å². The fourth-order valence-electron chi connectivity index (χ4n) is 5.67. The van der Waals surface area contributed by atoms with Crippen LogP contribution in [0, 0.1) is 10.1 Å². The number of ether oxygens (including phenoxy) is 3. The number of hydrogen-bond donors (Lipinski definition) is 2. The molecule has 0 spiro atoms. The first-order chi connectivity index (χ1) is 27.5. The quantitative estimate of drug-likeness (QED) is 0.0423. The molecule has 0 saturated heterocycles. The Balaban J connectivity index is 1.33. The molecule has 0 saturated carbocycles. The first kappa shape index (κ1) is 42.6. The molecular formula is C44H49N5O9. The van der Waals surface area contributed by atoms with Crippen LogP contribution in [0.4, 0.5) is 22.0 Å². The third-order valence-electron chi connectivity index (χ3n) is 8.27. The minimum Gasteiger partial charge on any atom is -0.494 e. The lowest BCUT2D eigenvalue weighted by Gasteiger charge is -2.31. The zero-order chi connectivity index (χ0) is 41.9. The minimum atomic E-state index is -0.909. The summed E-state index contributed by atoms with van der Waals surface area (Å²) in [6, 6.07) is 28.8. The second kappa shape index (κ2) is 19.1. The second-order valence-electron chi connectivity index (χ2n) is 15.4. The summed E-state index contributed by atoms with van der Waals surface area (Å²) in [4.78, 5) is 60.9. The largest absolute Gasteiger partial charge is 0.494 e. The number of carbonyl (C=O) groups excluding carboxylic acids is 3. The topological polar surface area (TPSA) is 171 Å². The van der Waals surface area contributed by atoms with Gasteiger partial charge in [0.25, 0.3) is 5.69 Å². The predicted molar refractivity (Wildman–Crippen MR) is 220 cm³/mol. The number of nitrogens with one attached hydrogen (secondary N) is 2. The molecule has 14 nitrogen and oxygen atoms in total. The highest BCUT2D eigenvalue weighted by Gasteiger charge is 2.31. The molecule has 0 aliphatic carbocycles. The molecule has 14 heteroatoms. The Morgan fingerprint density at radius 3 is 2.26 bits per heavy atom. The number of nitrogens with zero attached hydrogens (tertiary/aromatic N) is 3. The molecule has 1 aromatic heterocycles. The lowest BCUT2D eigenvalue weighted by Crippen LogP contribution is -2.42. The van der Waals surface area contributed by atoms with Gasteiger partial charge < -0.3 is 24.8 Å². The number of hydroxylamine groups is 1. The normalized spacial score (nSPS) is 12.0. The molecule has 5 rings (SSSR count). The van der Waals surface area contributed by atoms with E-state index in [4.69, 9.17) is 19.0 Å². The molecule has 0 aliphatic rings. The average molecular weight is 792 g/mol. The van der Waals surface area contributed by atoms with Crippen molar-refractivity contribution >= 4 is 45.9 Å². The molecule has 1 atom stereocenters. The molecule has 0 aliphatic heterocycles. The first-order valence-corrected chi connectivity index (χ1v) is 18.9. The fraction of sp³-hybridized carbons (Fsp3) is 0.318. The number of esters is 1. The van der Waals surface area contributed by atoms with Gasteiger partial charge in [-0.25, -0.2) is 9.78 Å². The fourth-order valence-corrected chi connectivity index (χ4v) is 5.67. The van der Waals surface area contributed by atoms with E-state index in [0.29, 0.717) is 39.8 Å². The lowest BCUT2D eigenvalue weighted by atomic mass is 10.0. The molecule has 304 valence electrons. The number of nitro benzene ring substituents is 1. The third kappa shape index (κ3) is 12.7. The van der Waals surface area contributed by atoms with E-state index < -0.39 is 28.3 Å². The van der Waals surface area contributed by atoms with Gasteiger partial charge in [0.2, 0.25) is 5.91 Å². The molecule has 2 N–H and O–H groups in total. The van der Waals surface area contributed by atoms with Gasteiger partial charge in [-0.2, -0.15) is 0 Å². The highest BCUT2D eigenvalue weighted by atomic mass is 16.7. The highest BCUT2D eigenvalue weighted by Crippen LogP contribution is 2.32. The molecule has 0 bridgehead atoms. The van der Waals surface area contributed by atoms with Gasteiger partial charge in [-0.05, 0) is 106 Å². The summed E-state index contributed by atoms with van der Waals surface area (Å²) in [5, 5.41) is 19.9. The third-order valence-corrected chi connectivity index (χ3v) is 8.27. The minimum absolute atomic E-state index is 0.0503. The van der Waals surface area contributed by atoms with Crippen LogP contribution in [0.15, 0.2) is 109 Å². The number of fused-ring (bicyclic) bond motifs is 1. The maximum atomic E-state index is 13.9. The monoisotopic (exact) mass is 791 g/mol. The van der Waals surface area contributed by atoms with Crippen LogP contribution in [0.1, 0.15) is 77.1 Å². The van der Waals surface area contributed by atoms with Crippen LogP contribution in [-0.2, 0) is 37.1 Å². The molecule has 0 fully saturated rings. The van der Waals surface area contributed by atoms with Crippen molar-refractivity contribution < 1.29 is 38.4 Å². The van der Waals surface area contributed by atoms with Crippen molar-refractivity contribution in [1.82, 2.24) is 10.3 Å². The zero-order valence-electron chi connectivity index (χ0n) is 33.5. The standard InChI is InChI=1S/C44H49N5O9/c1-43(2,3)57-42(52)48(58-44(4,5)6)40-37-22-19-34(27-33(37)23-24-45-40)47-39(41(51)46-28-31-14-10-15-35(26-31)49(53)54)32-17-20-36(21-18-32)55-25-11-16-38(50)56-29-30-12-8-7-9-13-30/h7-10,12-15,17-24,26-27,39,47H,11,16,25,28-29H2,1-6H3,(H,46,51). The molecule has 1 heterocycles. The number of nitro groups is 1. The molecule has 2 amide bonds. The molecule has 5 aromatic rings. The van der Waals surface area contributed by atoms with Gasteiger partial charge in [-0.1, -0.05) is 54.6 Å². The number of carbonyl (C=O) groups is 3. The summed E-state index contributed by atoms with van der Waals surface area (Å²) in [7, 11) is 0. The Labute approximate surface area is 337 Å². The van der Waals surface area contributed by atoms with E-state index in [1.807, 2.05) is 57.2 Å². The number of hydrogen-bond acceptors (Lipinski definition) is 11. The summed E-state index contributed by atoms with van der Waals surface area (Å²) < 4.78 is 16.9. The van der Waals surface area contributed by atoms with Crippen molar-refractivity contribution in [1.29, 1.82) is 0 Å². The molecule has 58 heavy (non-hydrogen) atoms. The highest BCUT2D eigenvalue weighted by molar-refractivity contribution is 6.00. The number of anilines is 2. The molecule has 1 unspecified atom stereocenters. The van der Waals surface area contributed by atoms with E-state index in [2.05, 4.69) is 15.6 Å². The van der Waals surface area contributed by atoms with Crippen molar-refractivity contribution in [2.45, 2.75) is 84.8 Å². The van der Waals surface area contributed by atoms with Crippen molar-refractivity contribution in [3.63, 3.8) is 0 Å². The Morgan fingerprint density at radius 1 is 0.845 bits per heavy atom. The Bertz CT molecular complexity index is 2200. The van der Waals surface area contributed by atoms with Crippen LogP contribution in [0.3, 0.4) is 0 Å². The van der Waals surface area contributed by atoms with Gasteiger partial charge in [-0.15, -0.1) is 5.06 Å². The van der Waals surface area contributed by atoms with E-state index in [1.54, 1.807) is 81.6 Å². The predicted octanol–water partition coefficient (Wildman–Crippen LogP) is 8.99. The summed E-state index contributed by atoms with van der Waals surface area (Å²) in [5.41, 5.74) is 1.05.